The summed E-state index contributed by atoms with van der Waals surface area (Å²) in [6.07, 6.45) is -6.84. The van der Waals surface area contributed by atoms with Crippen LogP contribution in [0.15, 0.2) is 0 Å². The molecule has 0 saturated heterocycles. The maximum atomic E-state index is 13.0. The Morgan fingerprint density at radius 2 is 1.55 bits per heavy atom. The fourth-order valence-electron chi connectivity index (χ4n) is 1.18. The van der Waals surface area contributed by atoms with Crippen molar-refractivity contribution in [3.8, 4) is 0 Å². The molecule has 0 aliphatic carbocycles. The van der Waals surface area contributed by atoms with Crippen molar-refractivity contribution < 1.29 is 36.3 Å². The van der Waals surface area contributed by atoms with Crippen LogP contribution in [-0.2, 0) is 14.3 Å². The van der Waals surface area contributed by atoms with Gasteiger partial charge in [-0.15, -0.1) is 0 Å². The van der Waals surface area contributed by atoms with Gasteiger partial charge in [0.2, 0.25) is 0 Å². The summed E-state index contributed by atoms with van der Waals surface area (Å²) in [4.78, 5) is 23.2. The average Bonchev–Trinajstić information content (AvgIpc) is 2.36. The molecule has 0 saturated carbocycles. The Morgan fingerprint density at radius 1 is 1.09 bits per heavy atom. The van der Waals surface area contributed by atoms with Crippen LogP contribution in [0.1, 0.15) is 41.0 Å². The predicted octanol–water partition coefficient (Wildman–Crippen LogP) is 3.06. The molecule has 22 heavy (non-hydrogen) atoms. The zero-order valence-electron chi connectivity index (χ0n) is 13.0. The second kappa shape index (κ2) is 6.78. The zero-order chi connectivity index (χ0) is 17.9. The highest BCUT2D eigenvalue weighted by molar-refractivity contribution is 5.91. The van der Waals surface area contributed by atoms with Gasteiger partial charge in [-0.1, -0.05) is 20.8 Å². The molecule has 1 amide bonds. The third-order valence-electron chi connectivity index (χ3n) is 3.42. The van der Waals surface area contributed by atoms with Crippen LogP contribution in [-0.4, -0.2) is 35.6 Å². The number of esters is 1. The van der Waals surface area contributed by atoms with Crippen molar-refractivity contribution in [2.24, 2.45) is 5.92 Å². The van der Waals surface area contributed by atoms with Gasteiger partial charge in [0, 0.05) is 0 Å². The minimum atomic E-state index is -6.04. The summed E-state index contributed by atoms with van der Waals surface area (Å²) >= 11 is 0. The molecule has 2 atom stereocenters. The lowest BCUT2D eigenvalue weighted by Crippen LogP contribution is -2.60. The quantitative estimate of drug-likeness (QED) is 0.600. The smallest absolute Gasteiger partial charge is 0.461 e. The molecular formula is C13H20F5NO3. The molecule has 0 aromatic heterocycles. The number of halogens is 5. The summed E-state index contributed by atoms with van der Waals surface area (Å²) < 4.78 is 67.4. The molecule has 0 aromatic rings. The van der Waals surface area contributed by atoms with E-state index in [0.717, 1.165) is 6.92 Å². The van der Waals surface area contributed by atoms with E-state index in [9.17, 15) is 31.5 Å². The number of carbonyl (C=O) groups excluding carboxylic acids is 2. The summed E-state index contributed by atoms with van der Waals surface area (Å²) in [5.41, 5.74) is -1.98. The molecular weight excluding hydrogens is 313 g/mol. The Morgan fingerprint density at radius 3 is 1.86 bits per heavy atom. The molecule has 0 rings (SSSR count). The molecule has 9 heteroatoms. The van der Waals surface area contributed by atoms with Crippen molar-refractivity contribution in [3.05, 3.63) is 0 Å². The van der Waals surface area contributed by atoms with Gasteiger partial charge in [0.15, 0.2) is 0 Å². The SMILES string of the molecule is CCC(C)(NC(=O)C(F)(F)C(F)(F)F)C(=O)OC(C)C(C)C. The fourth-order valence-corrected chi connectivity index (χ4v) is 1.18. The summed E-state index contributed by atoms with van der Waals surface area (Å²) in [5.74, 6) is -9.33. The molecule has 0 aliphatic rings. The number of ether oxygens (including phenoxy) is 1. The number of rotatable bonds is 6. The topological polar surface area (TPSA) is 55.4 Å². The second-order valence-corrected chi connectivity index (χ2v) is 5.57. The van der Waals surface area contributed by atoms with E-state index >= 15 is 0 Å². The van der Waals surface area contributed by atoms with Crippen molar-refractivity contribution in [3.63, 3.8) is 0 Å². The van der Waals surface area contributed by atoms with Gasteiger partial charge in [-0.2, -0.15) is 22.0 Å². The van der Waals surface area contributed by atoms with Crippen molar-refractivity contribution in [1.82, 2.24) is 5.32 Å². The van der Waals surface area contributed by atoms with Crippen LogP contribution in [0, 0.1) is 5.92 Å². The molecule has 0 spiro atoms. The summed E-state index contributed by atoms with van der Waals surface area (Å²) in [5, 5.41) is 1.45. The number of hydrogen-bond acceptors (Lipinski definition) is 3. The normalized spacial score (nSPS) is 16.9. The molecule has 0 aliphatic heterocycles. The highest BCUT2D eigenvalue weighted by atomic mass is 19.4. The first-order valence-electron chi connectivity index (χ1n) is 6.67. The Kier molecular flexibility index (Phi) is 6.35. The summed E-state index contributed by atoms with van der Waals surface area (Å²) in [6.45, 7) is 7.40. The molecule has 1 N–H and O–H groups in total. The van der Waals surface area contributed by atoms with E-state index in [1.807, 2.05) is 0 Å². The van der Waals surface area contributed by atoms with E-state index < -0.39 is 35.6 Å². The number of hydrogen-bond donors (Lipinski definition) is 1. The van der Waals surface area contributed by atoms with Gasteiger partial charge in [-0.3, -0.25) is 4.79 Å². The highest BCUT2D eigenvalue weighted by Gasteiger charge is 2.64. The van der Waals surface area contributed by atoms with Crippen molar-refractivity contribution in [2.75, 3.05) is 0 Å². The summed E-state index contributed by atoms with van der Waals surface area (Å²) in [7, 11) is 0. The van der Waals surface area contributed by atoms with Gasteiger partial charge >= 0.3 is 24.0 Å². The summed E-state index contributed by atoms with van der Waals surface area (Å²) in [6, 6.07) is 0. The minimum Gasteiger partial charge on any atom is -0.461 e. The van der Waals surface area contributed by atoms with Crippen molar-refractivity contribution >= 4 is 11.9 Å². The molecule has 0 bridgehead atoms. The lowest BCUT2D eigenvalue weighted by molar-refractivity contribution is -0.270. The number of nitrogens with one attached hydrogen (secondary N) is 1. The van der Waals surface area contributed by atoms with Crippen LogP contribution in [0.2, 0.25) is 0 Å². The Balaban J connectivity index is 5.18. The molecule has 0 fully saturated rings. The van der Waals surface area contributed by atoms with Gasteiger partial charge in [-0.05, 0) is 26.2 Å². The van der Waals surface area contributed by atoms with Gasteiger partial charge in [-0.25, -0.2) is 4.79 Å². The molecule has 2 unspecified atom stereocenters. The minimum absolute atomic E-state index is 0.0858. The van der Waals surface area contributed by atoms with Crippen molar-refractivity contribution in [1.29, 1.82) is 0 Å². The first kappa shape index (κ1) is 20.6. The lowest BCUT2D eigenvalue weighted by atomic mass is 9.98. The van der Waals surface area contributed by atoms with E-state index in [-0.39, 0.29) is 12.3 Å². The number of carbonyl (C=O) groups is 2. The fraction of sp³-hybridized carbons (Fsp3) is 0.846. The van der Waals surface area contributed by atoms with E-state index in [2.05, 4.69) is 0 Å². The van der Waals surface area contributed by atoms with E-state index in [1.165, 1.54) is 12.2 Å². The van der Waals surface area contributed by atoms with Crippen LogP contribution in [0.3, 0.4) is 0 Å². The Hall–Kier alpha value is -1.41. The lowest BCUT2D eigenvalue weighted by Gasteiger charge is -2.31. The van der Waals surface area contributed by atoms with E-state index in [0.29, 0.717) is 0 Å². The van der Waals surface area contributed by atoms with Crippen LogP contribution >= 0.6 is 0 Å². The van der Waals surface area contributed by atoms with Crippen LogP contribution < -0.4 is 5.32 Å². The standard InChI is InChI=1S/C13H20F5NO3/c1-6-11(5,10(21)22-8(4)7(2)3)19-9(20)12(14,15)13(16,17)18/h7-8H,6H2,1-5H3,(H,19,20). The van der Waals surface area contributed by atoms with Crippen molar-refractivity contribution in [2.45, 2.75) is 64.8 Å². The first-order chi connectivity index (χ1) is 9.69. The van der Waals surface area contributed by atoms with Gasteiger partial charge < -0.3 is 10.1 Å². The maximum absolute atomic E-state index is 13.0. The number of amides is 1. The predicted molar refractivity (Wildman–Crippen MR) is 68.2 cm³/mol. The molecule has 4 nitrogen and oxygen atoms in total. The van der Waals surface area contributed by atoms with Crippen LogP contribution in [0.4, 0.5) is 22.0 Å². The van der Waals surface area contributed by atoms with Gasteiger partial charge in [0.05, 0.1) is 0 Å². The van der Waals surface area contributed by atoms with Gasteiger partial charge in [0.1, 0.15) is 11.6 Å². The Bertz CT molecular complexity index is 422. The zero-order valence-corrected chi connectivity index (χ0v) is 13.0. The first-order valence-corrected chi connectivity index (χ1v) is 6.67. The maximum Gasteiger partial charge on any atom is 0.463 e. The monoisotopic (exact) mass is 333 g/mol. The molecule has 130 valence electrons. The molecule has 0 heterocycles. The van der Waals surface area contributed by atoms with E-state index in [1.54, 1.807) is 20.8 Å². The third kappa shape index (κ3) is 4.54. The highest BCUT2D eigenvalue weighted by Crippen LogP contribution is 2.36. The van der Waals surface area contributed by atoms with E-state index in [4.69, 9.17) is 4.74 Å². The second-order valence-electron chi connectivity index (χ2n) is 5.57. The molecule has 0 aromatic carbocycles. The van der Waals surface area contributed by atoms with Crippen LogP contribution in [0.25, 0.3) is 0 Å². The number of alkyl halides is 5. The van der Waals surface area contributed by atoms with Gasteiger partial charge in [0.25, 0.3) is 0 Å². The largest absolute Gasteiger partial charge is 0.463 e. The van der Waals surface area contributed by atoms with Crippen LogP contribution in [0.5, 0.6) is 0 Å². The molecule has 0 radical (unpaired) electrons. The average molecular weight is 333 g/mol. The Labute approximate surface area is 125 Å². The third-order valence-corrected chi connectivity index (χ3v) is 3.42.